The summed E-state index contributed by atoms with van der Waals surface area (Å²) < 4.78 is 4.82. The molecule has 132 valence electrons. The van der Waals surface area contributed by atoms with E-state index in [-0.39, 0.29) is 12.5 Å². The highest BCUT2D eigenvalue weighted by molar-refractivity contribution is 7.18. The molecule has 0 radical (unpaired) electrons. The van der Waals surface area contributed by atoms with Crippen molar-refractivity contribution in [3.05, 3.63) is 60.2 Å². The number of ether oxygens (including phenoxy) is 1. The van der Waals surface area contributed by atoms with Gasteiger partial charge in [0.1, 0.15) is 5.01 Å². The van der Waals surface area contributed by atoms with E-state index in [1.807, 2.05) is 30.3 Å². The van der Waals surface area contributed by atoms with E-state index in [4.69, 9.17) is 4.74 Å². The van der Waals surface area contributed by atoms with Gasteiger partial charge in [-0.05, 0) is 25.1 Å². The molecule has 1 heterocycles. The van der Waals surface area contributed by atoms with Crippen LogP contribution in [0.4, 0.5) is 15.6 Å². The quantitative estimate of drug-likeness (QED) is 0.709. The monoisotopic (exact) mass is 368 g/mol. The largest absolute Gasteiger partial charge is 0.450 e. The molecule has 3 rings (SSSR count). The third kappa shape index (κ3) is 4.42. The van der Waals surface area contributed by atoms with Crippen molar-refractivity contribution in [3.63, 3.8) is 0 Å². The Morgan fingerprint density at radius 2 is 1.85 bits per heavy atom. The van der Waals surface area contributed by atoms with Crippen LogP contribution in [-0.2, 0) is 4.74 Å². The van der Waals surface area contributed by atoms with Crippen LogP contribution >= 0.6 is 11.3 Å². The maximum Gasteiger partial charge on any atom is 0.411 e. The van der Waals surface area contributed by atoms with Gasteiger partial charge in [0.25, 0.3) is 5.91 Å². The molecule has 8 heteroatoms. The highest BCUT2D eigenvalue weighted by Crippen LogP contribution is 2.26. The van der Waals surface area contributed by atoms with Gasteiger partial charge in [-0.15, -0.1) is 10.2 Å². The number of aromatic nitrogens is 2. The first kappa shape index (κ1) is 17.6. The van der Waals surface area contributed by atoms with Crippen molar-refractivity contribution in [2.75, 3.05) is 17.2 Å². The molecule has 2 N–H and O–H groups in total. The molecule has 26 heavy (non-hydrogen) atoms. The van der Waals surface area contributed by atoms with Gasteiger partial charge in [-0.3, -0.25) is 15.4 Å². The van der Waals surface area contributed by atoms with E-state index in [1.54, 1.807) is 31.2 Å². The molecule has 3 aromatic rings. The first-order chi connectivity index (χ1) is 12.7. The lowest BCUT2D eigenvalue weighted by atomic mass is 10.2. The first-order valence-corrected chi connectivity index (χ1v) is 8.71. The Bertz CT molecular complexity index is 912. The molecule has 7 nitrogen and oxygen atoms in total. The smallest absolute Gasteiger partial charge is 0.411 e. The van der Waals surface area contributed by atoms with E-state index in [1.165, 1.54) is 11.3 Å². The predicted octanol–water partition coefficient (Wildman–Crippen LogP) is 4.03. The second-order valence-electron chi connectivity index (χ2n) is 5.16. The molecule has 0 saturated heterocycles. The molecule has 0 spiro atoms. The van der Waals surface area contributed by atoms with Crippen LogP contribution in [0.1, 0.15) is 17.3 Å². The maximum atomic E-state index is 12.4. The van der Waals surface area contributed by atoms with Crippen LogP contribution in [0.2, 0.25) is 0 Å². The van der Waals surface area contributed by atoms with Crippen LogP contribution in [0.3, 0.4) is 0 Å². The standard InChI is InChI=1S/C18H16N4O3S/c1-2-25-18(24)19-14-10-6-9-13(11-14)15(23)20-17-22-21-16(26-17)12-7-4-3-5-8-12/h3-11H,2H2,1H3,(H,19,24)(H,20,22,23). The summed E-state index contributed by atoms with van der Waals surface area (Å²) in [5, 5.41) is 14.5. The van der Waals surface area contributed by atoms with Crippen molar-refractivity contribution in [1.29, 1.82) is 0 Å². The molecular formula is C18H16N4O3S. The average Bonchev–Trinajstić information content (AvgIpc) is 3.11. The van der Waals surface area contributed by atoms with Gasteiger partial charge in [-0.2, -0.15) is 0 Å². The summed E-state index contributed by atoms with van der Waals surface area (Å²) in [5.74, 6) is -0.340. The van der Waals surface area contributed by atoms with Crippen LogP contribution < -0.4 is 10.6 Å². The van der Waals surface area contributed by atoms with Crippen LogP contribution in [0, 0.1) is 0 Å². The molecule has 0 bridgehead atoms. The Morgan fingerprint density at radius 1 is 1.04 bits per heavy atom. The fourth-order valence-corrected chi connectivity index (χ4v) is 2.91. The number of rotatable bonds is 5. The molecule has 0 fully saturated rings. The number of benzene rings is 2. The van der Waals surface area contributed by atoms with Gasteiger partial charge in [-0.1, -0.05) is 47.7 Å². The molecule has 0 aliphatic heterocycles. The highest BCUT2D eigenvalue weighted by atomic mass is 32.1. The molecule has 0 aliphatic rings. The number of nitrogens with zero attached hydrogens (tertiary/aromatic N) is 2. The summed E-state index contributed by atoms with van der Waals surface area (Å²) in [6.45, 7) is 1.99. The number of amides is 2. The zero-order valence-corrected chi connectivity index (χ0v) is 14.7. The molecule has 0 atom stereocenters. The molecule has 2 amide bonds. The summed E-state index contributed by atoms with van der Waals surface area (Å²) >= 11 is 1.29. The van der Waals surface area contributed by atoms with E-state index in [0.717, 1.165) is 10.6 Å². The third-order valence-corrected chi connectivity index (χ3v) is 4.20. The van der Waals surface area contributed by atoms with Gasteiger partial charge in [0.05, 0.1) is 6.61 Å². The summed E-state index contributed by atoms with van der Waals surface area (Å²) in [5.41, 5.74) is 1.79. The maximum absolute atomic E-state index is 12.4. The van der Waals surface area contributed by atoms with Crippen LogP contribution in [0.15, 0.2) is 54.6 Å². The minimum absolute atomic E-state index is 0.271. The summed E-state index contributed by atoms with van der Waals surface area (Å²) in [6.07, 6.45) is -0.568. The lowest BCUT2D eigenvalue weighted by Gasteiger charge is -2.07. The van der Waals surface area contributed by atoms with Crippen molar-refractivity contribution < 1.29 is 14.3 Å². The number of carbonyl (C=O) groups is 2. The first-order valence-electron chi connectivity index (χ1n) is 7.90. The predicted molar refractivity (Wildman–Crippen MR) is 100 cm³/mol. The lowest BCUT2D eigenvalue weighted by Crippen LogP contribution is -2.15. The van der Waals surface area contributed by atoms with Crippen molar-refractivity contribution in [2.24, 2.45) is 0 Å². The van der Waals surface area contributed by atoms with Crippen LogP contribution in [0.25, 0.3) is 10.6 Å². The van der Waals surface area contributed by atoms with Gasteiger partial charge in [-0.25, -0.2) is 4.79 Å². The van der Waals surface area contributed by atoms with Gasteiger partial charge >= 0.3 is 6.09 Å². The Balaban J connectivity index is 1.69. The number of anilines is 2. The number of hydrogen-bond donors (Lipinski definition) is 2. The summed E-state index contributed by atoms with van der Waals surface area (Å²) in [6, 6.07) is 16.2. The van der Waals surface area contributed by atoms with E-state index >= 15 is 0 Å². The van der Waals surface area contributed by atoms with E-state index in [2.05, 4.69) is 20.8 Å². The summed E-state index contributed by atoms with van der Waals surface area (Å²) in [7, 11) is 0. The topological polar surface area (TPSA) is 93.2 Å². The Hall–Kier alpha value is -3.26. The zero-order chi connectivity index (χ0) is 18.4. The minimum atomic E-state index is -0.568. The zero-order valence-electron chi connectivity index (χ0n) is 13.9. The molecule has 1 aromatic heterocycles. The van der Waals surface area contributed by atoms with Gasteiger partial charge in [0, 0.05) is 16.8 Å². The second-order valence-corrected chi connectivity index (χ2v) is 6.14. The number of nitrogens with one attached hydrogen (secondary N) is 2. The minimum Gasteiger partial charge on any atom is -0.450 e. The normalized spacial score (nSPS) is 10.2. The van der Waals surface area contributed by atoms with Crippen LogP contribution in [0.5, 0.6) is 0 Å². The van der Waals surface area contributed by atoms with Crippen molar-refractivity contribution in [1.82, 2.24) is 10.2 Å². The average molecular weight is 368 g/mol. The fraction of sp³-hybridized carbons (Fsp3) is 0.111. The second kappa shape index (κ2) is 8.21. The Kier molecular flexibility index (Phi) is 5.55. The SMILES string of the molecule is CCOC(=O)Nc1cccc(C(=O)Nc2nnc(-c3ccccc3)s2)c1. The fourth-order valence-electron chi connectivity index (χ4n) is 2.16. The molecule has 0 saturated carbocycles. The molecule has 0 unspecified atom stereocenters. The Labute approximate surface area is 154 Å². The molecule has 2 aromatic carbocycles. The lowest BCUT2D eigenvalue weighted by molar-refractivity contribution is 0.102. The van der Waals surface area contributed by atoms with Gasteiger partial charge < -0.3 is 4.74 Å². The number of hydrogen-bond acceptors (Lipinski definition) is 6. The van der Waals surface area contributed by atoms with Gasteiger partial charge in [0.15, 0.2) is 0 Å². The molecule has 0 aliphatic carbocycles. The van der Waals surface area contributed by atoms with E-state index in [0.29, 0.717) is 16.4 Å². The van der Waals surface area contributed by atoms with E-state index < -0.39 is 6.09 Å². The molecular weight excluding hydrogens is 352 g/mol. The van der Waals surface area contributed by atoms with Crippen molar-refractivity contribution in [2.45, 2.75) is 6.92 Å². The van der Waals surface area contributed by atoms with Gasteiger partial charge in [0.2, 0.25) is 5.13 Å². The summed E-state index contributed by atoms with van der Waals surface area (Å²) in [4.78, 5) is 23.9. The van der Waals surface area contributed by atoms with Crippen molar-refractivity contribution in [3.8, 4) is 10.6 Å². The highest BCUT2D eigenvalue weighted by Gasteiger charge is 2.12. The van der Waals surface area contributed by atoms with Crippen LogP contribution in [-0.4, -0.2) is 28.8 Å². The van der Waals surface area contributed by atoms with Crippen molar-refractivity contribution >= 4 is 34.2 Å². The Morgan fingerprint density at radius 3 is 2.62 bits per heavy atom. The third-order valence-electron chi connectivity index (χ3n) is 3.31. The number of carbonyl (C=O) groups excluding carboxylic acids is 2. The van der Waals surface area contributed by atoms with E-state index in [9.17, 15) is 9.59 Å².